The summed E-state index contributed by atoms with van der Waals surface area (Å²) in [6.45, 7) is 4.63. The van der Waals surface area contributed by atoms with Crippen molar-refractivity contribution in [1.82, 2.24) is 10.3 Å². The van der Waals surface area contributed by atoms with E-state index in [1.54, 1.807) is 6.07 Å². The van der Waals surface area contributed by atoms with Crippen molar-refractivity contribution in [2.45, 2.75) is 52.4 Å². The van der Waals surface area contributed by atoms with Crippen molar-refractivity contribution in [2.24, 2.45) is 5.92 Å². The van der Waals surface area contributed by atoms with Crippen LogP contribution in [-0.4, -0.2) is 28.5 Å². The van der Waals surface area contributed by atoms with E-state index in [1.165, 1.54) is 6.07 Å². The van der Waals surface area contributed by atoms with Gasteiger partial charge in [0.15, 0.2) is 0 Å². The van der Waals surface area contributed by atoms with Crippen LogP contribution in [0.3, 0.4) is 0 Å². The van der Waals surface area contributed by atoms with Gasteiger partial charge in [-0.25, -0.2) is 0 Å². The molecule has 0 aliphatic rings. The van der Waals surface area contributed by atoms with Gasteiger partial charge in [-0.3, -0.25) is 14.4 Å². The third kappa shape index (κ3) is 8.18. The SMILES string of the molecule is CC(C)Cc1cc(C(=O)NCCCCCCC(=O)O)cc(=O)[nH]1. The Hall–Kier alpha value is -2.11. The summed E-state index contributed by atoms with van der Waals surface area (Å²) in [5.74, 6) is -0.619. The molecular weight excluding hydrogens is 296 g/mol. The fraction of sp³-hybridized carbons (Fsp3) is 0.588. The summed E-state index contributed by atoms with van der Waals surface area (Å²) >= 11 is 0. The van der Waals surface area contributed by atoms with Crippen molar-refractivity contribution in [1.29, 1.82) is 0 Å². The van der Waals surface area contributed by atoms with Crippen LogP contribution in [0.5, 0.6) is 0 Å². The van der Waals surface area contributed by atoms with Crippen LogP contribution < -0.4 is 10.9 Å². The van der Waals surface area contributed by atoms with Crippen LogP contribution >= 0.6 is 0 Å². The summed E-state index contributed by atoms with van der Waals surface area (Å²) < 4.78 is 0. The lowest BCUT2D eigenvalue weighted by atomic mass is 10.1. The van der Waals surface area contributed by atoms with Crippen LogP contribution in [-0.2, 0) is 11.2 Å². The van der Waals surface area contributed by atoms with E-state index in [2.05, 4.69) is 24.1 Å². The Morgan fingerprint density at radius 3 is 2.52 bits per heavy atom. The first-order chi connectivity index (χ1) is 10.9. The maximum atomic E-state index is 12.1. The topological polar surface area (TPSA) is 99.3 Å². The summed E-state index contributed by atoms with van der Waals surface area (Å²) in [4.78, 5) is 36.8. The lowest BCUT2D eigenvalue weighted by Crippen LogP contribution is -2.26. The second kappa shape index (κ2) is 9.82. The zero-order chi connectivity index (χ0) is 17.2. The van der Waals surface area contributed by atoms with E-state index in [0.29, 0.717) is 24.4 Å². The largest absolute Gasteiger partial charge is 0.481 e. The zero-order valence-corrected chi connectivity index (χ0v) is 13.9. The number of carboxylic acid groups (broad SMARTS) is 1. The summed E-state index contributed by atoms with van der Waals surface area (Å²) in [6, 6.07) is 3.04. The van der Waals surface area contributed by atoms with Crippen LogP contribution in [0.25, 0.3) is 0 Å². The molecule has 23 heavy (non-hydrogen) atoms. The van der Waals surface area contributed by atoms with Gasteiger partial charge < -0.3 is 15.4 Å². The van der Waals surface area contributed by atoms with E-state index in [9.17, 15) is 14.4 Å². The van der Waals surface area contributed by atoms with Gasteiger partial charge in [0.2, 0.25) is 5.56 Å². The molecule has 1 heterocycles. The minimum absolute atomic E-state index is 0.192. The number of carboxylic acids is 1. The number of aromatic amines is 1. The second-order valence-electron chi connectivity index (χ2n) is 6.17. The summed E-state index contributed by atoms with van der Waals surface area (Å²) in [7, 11) is 0. The Morgan fingerprint density at radius 2 is 1.87 bits per heavy atom. The number of carbonyl (C=O) groups is 2. The van der Waals surface area contributed by atoms with Crippen LogP contribution in [0, 0.1) is 5.92 Å². The Kier molecular flexibility index (Phi) is 8.08. The van der Waals surface area contributed by atoms with E-state index in [1.807, 2.05) is 0 Å². The Morgan fingerprint density at radius 1 is 1.17 bits per heavy atom. The van der Waals surface area contributed by atoms with Crippen molar-refractivity contribution < 1.29 is 14.7 Å². The molecule has 1 aromatic rings. The summed E-state index contributed by atoms with van der Waals surface area (Å²) in [5, 5.41) is 11.3. The molecule has 1 amide bonds. The van der Waals surface area contributed by atoms with Gasteiger partial charge in [-0.05, 0) is 31.2 Å². The molecule has 0 bridgehead atoms. The highest BCUT2D eigenvalue weighted by atomic mass is 16.4. The smallest absolute Gasteiger partial charge is 0.303 e. The third-order valence-corrected chi connectivity index (χ3v) is 3.39. The first-order valence-electron chi connectivity index (χ1n) is 8.11. The van der Waals surface area contributed by atoms with Crippen molar-refractivity contribution >= 4 is 11.9 Å². The van der Waals surface area contributed by atoms with Crippen LogP contribution in [0.2, 0.25) is 0 Å². The highest BCUT2D eigenvalue weighted by molar-refractivity contribution is 5.94. The number of amides is 1. The lowest BCUT2D eigenvalue weighted by Gasteiger charge is -2.08. The molecule has 6 nitrogen and oxygen atoms in total. The molecule has 3 N–H and O–H groups in total. The number of H-pyrrole nitrogens is 1. The van der Waals surface area contributed by atoms with E-state index in [4.69, 9.17) is 5.11 Å². The number of carbonyl (C=O) groups excluding carboxylic acids is 1. The molecule has 0 fully saturated rings. The first-order valence-corrected chi connectivity index (χ1v) is 8.11. The number of hydrogen-bond donors (Lipinski definition) is 3. The number of hydrogen-bond acceptors (Lipinski definition) is 3. The molecular formula is C17H26N2O4. The molecule has 0 aliphatic heterocycles. The maximum absolute atomic E-state index is 12.1. The van der Waals surface area contributed by atoms with Crippen molar-refractivity contribution in [2.75, 3.05) is 6.54 Å². The standard InChI is InChI=1S/C17H26N2O4/c1-12(2)9-14-10-13(11-15(20)19-14)17(23)18-8-6-4-3-5-7-16(21)22/h10-12H,3-9H2,1-2H3,(H,18,23)(H,19,20)(H,21,22). The molecule has 128 valence electrons. The van der Waals surface area contributed by atoms with E-state index < -0.39 is 5.97 Å². The highest BCUT2D eigenvalue weighted by Crippen LogP contribution is 2.06. The van der Waals surface area contributed by atoms with Crippen LogP contribution in [0.4, 0.5) is 0 Å². The summed E-state index contributed by atoms with van der Waals surface area (Å²) in [5.41, 5.74) is 0.892. The van der Waals surface area contributed by atoms with Gasteiger partial charge in [0.1, 0.15) is 0 Å². The molecule has 0 aromatic carbocycles. The molecule has 0 unspecified atom stereocenters. The molecule has 0 atom stereocenters. The van der Waals surface area contributed by atoms with E-state index >= 15 is 0 Å². The fourth-order valence-corrected chi connectivity index (χ4v) is 2.34. The molecule has 0 saturated carbocycles. The Bertz CT molecular complexity index is 578. The molecule has 6 heteroatoms. The minimum atomic E-state index is -0.773. The van der Waals surface area contributed by atoms with Gasteiger partial charge in [-0.2, -0.15) is 0 Å². The number of rotatable bonds is 10. The molecule has 0 spiro atoms. The highest BCUT2D eigenvalue weighted by Gasteiger charge is 2.09. The molecule has 0 saturated heterocycles. The minimum Gasteiger partial charge on any atom is -0.481 e. The monoisotopic (exact) mass is 322 g/mol. The van der Waals surface area contributed by atoms with Gasteiger partial charge in [-0.1, -0.05) is 26.7 Å². The van der Waals surface area contributed by atoms with Crippen LogP contribution in [0.15, 0.2) is 16.9 Å². The average molecular weight is 322 g/mol. The predicted molar refractivity (Wildman–Crippen MR) is 88.7 cm³/mol. The third-order valence-electron chi connectivity index (χ3n) is 3.39. The maximum Gasteiger partial charge on any atom is 0.303 e. The van der Waals surface area contributed by atoms with Gasteiger partial charge in [0.25, 0.3) is 5.91 Å². The number of nitrogens with one attached hydrogen (secondary N) is 2. The van der Waals surface area contributed by atoms with E-state index in [0.717, 1.165) is 31.4 Å². The second-order valence-corrected chi connectivity index (χ2v) is 6.17. The molecule has 0 aliphatic carbocycles. The van der Waals surface area contributed by atoms with Gasteiger partial charge >= 0.3 is 5.97 Å². The van der Waals surface area contributed by atoms with Crippen molar-refractivity contribution in [3.8, 4) is 0 Å². The number of aromatic nitrogens is 1. The average Bonchev–Trinajstić information content (AvgIpc) is 2.44. The normalized spacial score (nSPS) is 10.7. The summed E-state index contributed by atoms with van der Waals surface area (Å²) in [6.07, 6.45) is 4.09. The van der Waals surface area contributed by atoms with Crippen molar-refractivity contribution in [3.63, 3.8) is 0 Å². The lowest BCUT2D eigenvalue weighted by molar-refractivity contribution is -0.137. The number of unbranched alkanes of at least 4 members (excludes halogenated alkanes) is 3. The van der Waals surface area contributed by atoms with Crippen molar-refractivity contribution in [3.05, 3.63) is 33.7 Å². The van der Waals surface area contributed by atoms with Crippen LogP contribution in [0.1, 0.15) is 62.0 Å². The molecule has 1 rings (SSSR count). The van der Waals surface area contributed by atoms with Gasteiger partial charge in [0.05, 0.1) is 0 Å². The quantitative estimate of drug-likeness (QED) is 0.576. The first kappa shape index (κ1) is 18.9. The fourth-order valence-electron chi connectivity index (χ4n) is 2.34. The molecule has 0 radical (unpaired) electrons. The predicted octanol–water partition coefficient (Wildman–Crippen LogP) is 2.34. The number of pyridine rings is 1. The number of aliphatic carboxylic acids is 1. The Balaban J connectivity index is 2.38. The molecule has 1 aromatic heterocycles. The van der Waals surface area contributed by atoms with E-state index in [-0.39, 0.29) is 17.9 Å². The van der Waals surface area contributed by atoms with Gasteiger partial charge in [-0.15, -0.1) is 0 Å². The van der Waals surface area contributed by atoms with Gasteiger partial charge in [0, 0.05) is 30.3 Å². The zero-order valence-electron chi connectivity index (χ0n) is 13.9. The Labute approximate surface area is 136 Å².